The predicted octanol–water partition coefficient (Wildman–Crippen LogP) is 25.3. The van der Waals surface area contributed by atoms with Gasteiger partial charge in [-0.15, -0.1) is 0 Å². The molecule has 5 heteroatoms. The van der Waals surface area contributed by atoms with E-state index in [1.54, 1.807) is 24.3 Å². The zero-order valence-corrected chi connectivity index (χ0v) is 63.7. The standard InChI is InChI=1S/C97H105BN4/c1-91(2,3)58-61-36-44-84-76(48-61)72-32-22-24-34-80(72)99(84)70-40-42-78-86(56-70)101(82-46-38-68(96(16,17)18)54-74(82)64-28-26-30-66(52-64)94(10,11)12)88-50-63(60-93(7,8)9)51-89-90(88)98(78)79-43-41-71(100-81-35-25-23-33-73(81)77-49-62(37-45-85(77)100)59-92(4,5)6)57-87(79)102(89)83-47-39-69(97(19,20)21)55-75(83)65-29-27-31-67(53-65)95(13,14)15/h22-57H,58-60H2,1-21H3/i22D,23D,24D,25D,32D,33D,34D,35D,58D2,59D2. The molecule has 516 valence electrons. The van der Waals surface area contributed by atoms with Gasteiger partial charge in [0.05, 0.1) is 44.4 Å². The molecule has 2 aromatic heterocycles. The van der Waals surface area contributed by atoms with Crippen LogP contribution in [0.15, 0.2) is 218 Å². The second-order valence-electron chi connectivity index (χ2n) is 36.3. The number of aromatic nitrogens is 2. The van der Waals surface area contributed by atoms with E-state index >= 15 is 0 Å². The Morgan fingerprint density at radius 2 is 0.716 bits per heavy atom. The summed E-state index contributed by atoms with van der Waals surface area (Å²) in [6.07, 6.45) is -3.03. The van der Waals surface area contributed by atoms with Gasteiger partial charge in [-0.05, 0) is 221 Å². The minimum absolute atomic E-state index is 0.209. The summed E-state index contributed by atoms with van der Waals surface area (Å²) in [6.45, 7) is 44.5. The Kier molecular flexibility index (Phi) is 13.1. The predicted molar refractivity (Wildman–Crippen MR) is 444 cm³/mol. The lowest BCUT2D eigenvalue weighted by atomic mass is 9.33. The molecule has 2 aliphatic heterocycles. The third kappa shape index (κ3) is 12.5. The Labute approximate surface area is 626 Å². The number of hydrogen-bond acceptors (Lipinski definition) is 2. The molecule has 0 saturated heterocycles. The number of anilines is 6. The van der Waals surface area contributed by atoms with Crippen LogP contribution in [0.3, 0.4) is 0 Å². The van der Waals surface area contributed by atoms with Gasteiger partial charge < -0.3 is 18.9 Å². The van der Waals surface area contributed by atoms with Gasteiger partial charge in [-0.3, -0.25) is 0 Å². The monoisotopic (exact) mass is 1350 g/mol. The number of fused-ring (bicyclic) bond motifs is 10. The summed E-state index contributed by atoms with van der Waals surface area (Å²) in [5.41, 5.74) is 18.9. The van der Waals surface area contributed by atoms with E-state index in [1.165, 1.54) is 11.1 Å². The first-order valence-electron chi connectivity index (χ1n) is 42.5. The van der Waals surface area contributed by atoms with E-state index in [4.69, 9.17) is 0 Å². The molecule has 0 spiro atoms. The van der Waals surface area contributed by atoms with E-state index in [0.29, 0.717) is 61.5 Å². The number of benzene rings is 11. The molecule has 15 rings (SSSR count). The van der Waals surface area contributed by atoms with Crippen molar-refractivity contribution in [3.8, 4) is 33.6 Å². The molecule has 4 nitrogen and oxygen atoms in total. The summed E-state index contributed by atoms with van der Waals surface area (Å²) in [4.78, 5) is 4.92. The smallest absolute Gasteiger partial charge is 0.252 e. The van der Waals surface area contributed by atoms with E-state index < -0.39 is 30.3 Å². The molecule has 4 heterocycles. The third-order valence-corrected chi connectivity index (χ3v) is 20.5. The van der Waals surface area contributed by atoms with Crippen LogP contribution in [-0.4, -0.2) is 15.8 Å². The van der Waals surface area contributed by atoms with Gasteiger partial charge in [0.2, 0.25) is 0 Å². The molecule has 0 bridgehead atoms. The zero-order valence-electron chi connectivity index (χ0n) is 75.7. The van der Waals surface area contributed by atoms with Gasteiger partial charge in [-0.1, -0.05) is 267 Å². The average Bonchev–Trinajstić information content (AvgIpc) is 0.966. The molecule has 0 radical (unpaired) electrons. The summed E-state index contributed by atoms with van der Waals surface area (Å²) >= 11 is 0. The Bertz CT molecular complexity index is 5840. The zero-order chi connectivity index (χ0) is 82.8. The summed E-state index contributed by atoms with van der Waals surface area (Å²) < 4.78 is 119. The molecule has 2 aliphatic rings. The first-order chi connectivity index (χ1) is 52.8. The Morgan fingerprint density at radius 3 is 1.10 bits per heavy atom. The van der Waals surface area contributed by atoms with Gasteiger partial charge in [0.1, 0.15) is 0 Å². The molecule has 102 heavy (non-hydrogen) atoms. The van der Waals surface area contributed by atoms with Crippen LogP contribution in [0, 0.1) is 16.2 Å². The van der Waals surface area contributed by atoms with Gasteiger partial charge in [0.25, 0.3) is 6.71 Å². The van der Waals surface area contributed by atoms with Crippen molar-refractivity contribution in [1.29, 1.82) is 0 Å². The highest BCUT2D eigenvalue weighted by Crippen LogP contribution is 2.52. The Balaban J connectivity index is 1.13. The summed E-state index contributed by atoms with van der Waals surface area (Å²) in [5.74, 6) is 0. The Hall–Kier alpha value is -9.32. The topological polar surface area (TPSA) is 16.3 Å². The van der Waals surface area contributed by atoms with Crippen LogP contribution in [0.4, 0.5) is 34.1 Å². The van der Waals surface area contributed by atoms with Crippen LogP contribution in [0.2, 0.25) is 0 Å². The van der Waals surface area contributed by atoms with Gasteiger partial charge >= 0.3 is 0 Å². The molecule has 0 amide bonds. The van der Waals surface area contributed by atoms with Crippen molar-refractivity contribution < 1.29 is 16.4 Å². The molecule has 0 N–H and O–H groups in total. The normalized spacial score (nSPS) is 15.8. The van der Waals surface area contributed by atoms with E-state index in [2.05, 4.69) is 247 Å². The molecule has 13 aromatic rings. The van der Waals surface area contributed by atoms with E-state index in [1.807, 2.05) is 62.8 Å². The summed E-state index contributed by atoms with van der Waals surface area (Å²) in [6, 6.07) is 57.9. The lowest BCUT2D eigenvalue weighted by Crippen LogP contribution is -2.61. The van der Waals surface area contributed by atoms with Crippen molar-refractivity contribution in [3.63, 3.8) is 0 Å². The van der Waals surface area contributed by atoms with Crippen LogP contribution < -0.4 is 26.2 Å². The molecule has 0 fully saturated rings. The minimum atomic E-state index is -1.84. The van der Waals surface area contributed by atoms with Crippen LogP contribution in [-0.2, 0) is 40.8 Å². The molecular formula is C97H105BN4. The third-order valence-electron chi connectivity index (χ3n) is 20.5. The first-order valence-corrected chi connectivity index (χ1v) is 36.5. The largest absolute Gasteiger partial charge is 0.311 e. The van der Waals surface area contributed by atoms with Gasteiger partial charge in [-0.25, -0.2) is 0 Å². The molecule has 0 unspecified atom stereocenters. The molecule has 0 saturated carbocycles. The highest BCUT2D eigenvalue weighted by Gasteiger charge is 2.46. The van der Waals surface area contributed by atoms with E-state index in [-0.39, 0.29) is 86.4 Å². The molecular weight excluding hydrogens is 1230 g/mol. The van der Waals surface area contributed by atoms with Crippen molar-refractivity contribution in [3.05, 3.63) is 257 Å². The van der Waals surface area contributed by atoms with Gasteiger partial charge in [0, 0.05) is 72.3 Å². The Morgan fingerprint density at radius 1 is 0.324 bits per heavy atom. The number of para-hydroxylation sites is 2. The first kappa shape index (κ1) is 55.3. The van der Waals surface area contributed by atoms with Gasteiger partial charge in [-0.2, -0.15) is 0 Å². The molecule has 0 atom stereocenters. The highest BCUT2D eigenvalue weighted by molar-refractivity contribution is 7.00. The summed E-state index contributed by atoms with van der Waals surface area (Å²) in [7, 11) is 0. The fourth-order valence-electron chi connectivity index (χ4n) is 15.7. The number of rotatable bonds is 9. The second kappa shape index (κ2) is 24.2. The lowest BCUT2D eigenvalue weighted by Gasteiger charge is -2.45. The lowest BCUT2D eigenvalue weighted by molar-refractivity contribution is 0.411. The number of hydrogen-bond donors (Lipinski definition) is 0. The average molecular weight is 1350 g/mol. The minimum Gasteiger partial charge on any atom is -0.311 e. The maximum atomic E-state index is 9.95. The second-order valence-corrected chi connectivity index (χ2v) is 36.3. The van der Waals surface area contributed by atoms with Crippen molar-refractivity contribution in [1.82, 2.24) is 9.13 Å². The maximum absolute atomic E-state index is 9.95. The molecule has 11 aromatic carbocycles. The van der Waals surface area contributed by atoms with Crippen molar-refractivity contribution in [2.45, 2.75) is 186 Å². The number of nitrogens with zero attached hydrogens (tertiary/aromatic N) is 4. The van der Waals surface area contributed by atoms with Gasteiger partial charge in [0.15, 0.2) is 0 Å². The summed E-state index contributed by atoms with van der Waals surface area (Å²) in [5, 5.41) is 1.58. The fourth-order valence-corrected chi connectivity index (χ4v) is 15.7. The van der Waals surface area contributed by atoms with Crippen molar-refractivity contribution >= 4 is 101 Å². The van der Waals surface area contributed by atoms with Crippen molar-refractivity contribution in [2.75, 3.05) is 9.80 Å². The van der Waals surface area contributed by atoms with E-state index in [0.717, 1.165) is 89.5 Å². The SMILES string of the molecule is [2H]c1c([2H])c([2H])c2c(c1[2H])c1cc(C([2H])([2H])C(C)(C)C)ccc1n2-c1ccc2c(c1)N(c1ccc(C(C)(C)C)cc1-c1cccc(C(C)(C)C)c1)c1cc(CC(C)(C)C)cc3c1B2c1ccc(-n2c4ccc(C([2H])([2H])C(C)(C)C)cc4c4c([2H])c([2H])c([2H])c([2H])c42)cc1N3c1ccc(C(C)(C)C)cc1-c1cccc(C(C)(C)C)c1. The van der Waals surface area contributed by atoms with E-state index in [9.17, 15) is 16.4 Å². The quantitative estimate of drug-likeness (QED) is 0.134. The maximum Gasteiger partial charge on any atom is 0.252 e. The van der Waals surface area contributed by atoms with Crippen LogP contribution >= 0.6 is 0 Å². The van der Waals surface area contributed by atoms with Crippen LogP contribution in [0.25, 0.3) is 77.2 Å². The molecule has 0 aliphatic carbocycles. The van der Waals surface area contributed by atoms with Crippen molar-refractivity contribution in [2.24, 2.45) is 16.2 Å². The van der Waals surface area contributed by atoms with Crippen LogP contribution in [0.1, 0.15) is 201 Å². The van der Waals surface area contributed by atoms with Crippen LogP contribution in [0.5, 0.6) is 0 Å². The fraction of sp³-hybridized carbons (Fsp3) is 0.320. The highest BCUT2D eigenvalue weighted by atomic mass is 15.2.